The average molecular weight is 466 g/mol. The van der Waals surface area contributed by atoms with Crippen molar-refractivity contribution in [2.75, 3.05) is 42.9 Å². The average Bonchev–Trinajstić information content (AvgIpc) is 2.74. The predicted molar refractivity (Wildman–Crippen MR) is 128 cm³/mol. The fourth-order valence-corrected chi connectivity index (χ4v) is 4.34. The highest BCUT2D eigenvalue weighted by Crippen LogP contribution is 2.26. The Bertz CT molecular complexity index is 915. The zero-order valence-corrected chi connectivity index (χ0v) is 19.0. The number of nitrogens with zero attached hydrogens (tertiary/aromatic N) is 2. The summed E-state index contributed by atoms with van der Waals surface area (Å²) in [5, 5.41) is 3.66. The Labute approximate surface area is 194 Å². The monoisotopic (exact) mass is 465 g/mol. The van der Waals surface area contributed by atoms with Gasteiger partial charge >= 0.3 is 0 Å². The van der Waals surface area contributed by atoms with Crippen LogP contribution in [0.2, 0.25) is 5.02 Å². The maximum Gasteiger partial charge on any atom is 0.224 e. The number of anilines is 2. The minimum Gasteiger partial charge on any atom is -0.412 e. The third kappa shape index (κ3) is 6.20. The van der Waals surface area contributed by atoms with Crippen LogP contribution in [0.5, 0.6) is 0 Å². The van der Waals surface area contributed by atoms with Gasteiger partial charge in [0.2, 0.25) is 5.91 Å². The van der Waals surface area contributed by atoms with Crippen LogP contribution in [0.4, 0.5) is 11.4 Å². The molecule has 31 heavy (non-hydrogen) atoms. The Kier molecular flexibility index (Phi) is 9.32. The molecule has 0 bridgehead atoms. The molecule has 0 aromatic heterocycles. The number of carbonyl (C=O) groups is 2. The number of para-hydroxylation sites is 1. The molecule has 8 heteroatoms. The third-order valence-electron chi connectivity index (χ3n) is 5.77. The van der Waals surface area contributed by atoms with E-state index in [1.807, 2.05) is 36.4 Å². The minimum atomic E-state index is 0. The first-order valence-corrected chi connectivity index (χ1v) is 10.7. The highest BCUT2D eigenvalue weighted by atomic mass is 35.5. The molecule has 2 aliphatic heterocycles. The lowest BCUT2D eigenvalue weighted by atomic mass is 9.97. The lowest BCUT2D eigenvalue weighted by Gasteiger charge is -2.36. The third-order valence-corrected chi connectivity index (χ3v) is 6.09. The molecule has 2 aliphatic rings. The largest absolute Gasteiger partial charge is 0.412 e. The second kappa shape index (κ2) is 11.5. The molecule has 0 saturated carbocycles. The maximum atomic E-state index is 12.6. The Morgan fingerprint density at radius 1 is 1.03 bits per heavy atom. The van der Waals surface area contributed by atoms with Crippen molar-refractivity contribution in [3.8, 4) is 0 Å². The van der Waals surface area contributed by atoms with Gasteiger partial charge < -0.3 is 15.7 Å². The molecular formula is C23H29Cl2N3O3. The smallest absolute Gasteiger partial charge is 0.224 e. The number of halogens is 2. The molecule has 2 aromatic carbocycles. The van der Waals surface area contributed by atoms with Crippen molar-refractivity contribution in [3.05, 3.63) is 58.6 Å². The van der Waals surface area contributed by atoms with E-state index in [9.17, 15) is 9.59 Å². The van der Waals surface area contributed by atoms with Gasteiger partial charge in [-0.3, -0.25) is 14.5 Å². The number of rotatable bonds is 6. The van der Waals surface area contributed by atoms with Gasteiger partial charge in [0.25, 0.3) is 0 Å². The summed E-state index contributed by atoms with van der Waals surface area (Å²) in [4.78, 5) is 28.8. The molecule has 1 fully saturated rings. The number of ketones is 1. The van der Waals surface area contributed by atoms with Gasteiger partial charge in [-0.1, -0.05) is 23.7 Å². The van der Waals surface area contributed by atoms with E-state index >= 15 is 0 Å². The van der Waals surface area contributed by atoms with E-state index in [1.54, 1.807) is 0 Å². The summed E-state index contributed by atoms with van der Waals surface area (Å²) in [6, 6.07) is 13.6. The van der Waals surface area contributed by atoms with Crippen LogP contribution in [0.15, 0.2) is 42.5 Å². The van der Waals surface area contributed by atoms with Gasteiger partial charge in [0.05, 0.1) is 10.7 Å². The number of benzene rings is 2. The summed E-state index contributed by atoms with van der Waals surface area (Å²) in [5.41, 5.74) is 3.76. The molecule has 2 aromatic rings. The number of nitrogens with one attached hydrogen (secondary N) is 1. The lowest BCUT2D eigenvalue weighted by Crippen LogP contribution is -2.46. The van der Waals surface area contributed by atoms with Crippen molar-refractivity contribution in [3.63, 3.8) is 0 Å². The highest BCUT2D eigenvalue weighted by Gasteiger charge is 2.19. The van der Waals surface area contributed by atoms with Crippen LogP contribution in [0.1, 0.15) is 35.2 Å². The van der Waals surface area contributed by atoms with Gasteiger partial charge in [0.15, 0.2) is 5.78 Å². The number of hydrogen-bond donors (Lipinski definition) is 1. The van der Waals surface area contributed by atoms with Crippen LogP contribution in [0, 0.1) is 0 Å². The molecule has 0 spiro atoms. The van der Waals surface area contributed by atoms with Crippen LogP contribution >= 0.6 is 24.0 Å². The molecule has 4 rings (SSSR count). The van der Waals surface area contributed by atoms with Crippen LogP contribution in [0.25, 0.3) is 0 Å². The van der Waals surface area contributed by atoms with E-state index in [0.29, 0.717) is 19.3 Å². The second-order valence-electron chi connectivity index (χ2n) is 7.73. The molecular weight excluding hydrogens is 437 g/mol. The molecule has 0 radical (unpaired) electrons. The number of hydrogen-bond acceptors (Lipinski definition) is 4. The van der Waals surface area contributed by atoms with Crippen LogP contribution in [-0.4, -0.2) is 54.8 Å². The fourth-order valence-electron chi connectivity index (χ4n) is 4.08. The van der Waals surface area contributed by atoms with E-state index < -0.39 is 0 Å². The number of carbonyl (C=O) groups excluding carboxylic acids is 2. The topological polar surface area (TPSA) is 84.1 Å². The summed E-state index contributed by atoms with van der Waals surface area (Å²) < 4.78 is 0. The van der Waals surface area contributed by atoms with Gasteiger partial charge in [0, 0.05) is 50.3 Å². The molecule has 2 heterocycles. The Hall–Kier alpha value is -2.12. The second-order valence-corrected chi connectivity index (χ2v) is 8.13. The van der Waals surface area contributed by atoms with Crippen molar-refractivity contribution in [2.24, 2.45) is 0 Å². The molecule has 3 N–H and O–H groups in total. The molecule has 0 aliphatic carbocycles. The first-order valence-electron chi connectivity index (χ1n) is 10.3. The first-order chi connectivity index (χ1) is 14.1. The Morgan fingerprint density at radius 3 is 2.52 bits per heavy atom. The van der Waals surface area contributed by atoms with E-state index in [1.165, 1.54) is 0 Å². The number of Topliss-reactive ketones (excluding diaryl/α,β-unsaturated/α-hetero) is 1. The molecule has 0 unspecified atom stereocenters. The predicted octanol–water partition coefficient (Wildman–Crippen LogP) is 3.61. The summed E-state index contributed by atoms with van der Waals surface area (Å²) in [7, 11) is 0. The molecule has 168 valence electrons. The van der Waals surface area contributed by atoms with Crippen molar-refractivity contribution < 1.29 is 15.1 Å². The highest BCUT2D eigenvalue weighted by molar-refractivity contribution is 6.33. The summed E-state index contributed by atoms with van der Waals surface area (Å²) in [6.07, 6.45) is 2.61. The minimum absolute atomic E-state index is 0. The zero-order chi connectivity index (χ0) is 20.2. The van der Waals surface area contributed by atoms with E-state index in [2.05, 4.69) is 21.2 Å². The normalized spacial score (nSPS) is 15.9. The molecule has 1 saturated heterocycles. The Balaban J connectivity index is 0.00000171. The van der Waals surface area contributed by atoms with Gasteiger partial charge in [-0.2, -0.15) is 0 Å². The lowest BCUT2D eigenvalue weighted by molar-refractivity contribution is -0.116. The number of fused-ring (bicyclic) bond motifs is 1. The summed E-state index contributed by atoms with van der Waals surface area (Å²) >= 11 is 6.31. The van der Waals surface area contributed by atoms with Gasteiger partial charge in [-0.25, -0.2) is 0 Å². The Morgan fingerprint density at radius 2 is 1.77 bits per heavy atom. The zero-order valence-electron chi connectivity index (χ0n) is 17.4. The van der Waals surface area contributed by atoms with Gasteiger partial charge in [-0.15, -0.1) is 12.4 Å². The summed E-state index contributed by atoms with van der Waals surface area (Å²) in [6.45, 7) is 4.81. The number of aryl methyl sites for hydroxylation is 1. The number of piperazine rings is 1. The van der Waals surface area contributed by atoms with Crippen LogP contribution < -0.4 is 10.2 Å². The van der Waals surface area contributed by atoms with E-state index in [-0.39, 0.29) is 29.6 Å². The molecule has 1 amide bonds. The van der Waals surface area contributed by atoms with E-state index in [0.717, 1.165) is 66.7 Å². The standard InChI is InChI=1S/C23H26ClN3O2.ClH.H2O/c24-19-4-1-2-5-21(19)27-14-12-26(13-15-27)11-3-6-22(28)18-7-9-20-17(16-18)8-10-23(29)25-20;;/h1-2,4-5,7,9,16H,3,6,8,10-15H2,(H,25,29);1H;1H2. The SMILES string of the molecule is Cl.O.O=C1CCc2cc(C(=O)CCCN3CCN(c4ccccc4Cl)CC3)ccc2N1. The van der Waals surface area contributed by atoms with Gasteiger partial charge in [-0.05, 0) is 55.3 Å². The van der Waals surface area contributed by atoms with Crippen molar-refractivity contribution in [1.29, 1.82) is 0 Å². The van der Waals surface area contributed by atoms with Crippen molar-refractivity contribution >= 4 is 47.1 Å². The van der Waals surface area contributed by atoms with E-state index in [4.69, 9.17) is 11.6 Å². The van der Waals surface area contributed by atoms with Gasteiger partial charge in [0.1, 0.15) is 0 Å². The van der Waals surface area contributed by atoms with Crippen LogP contribution in [0.3, 0.4) is 0 Å². The van der Waals surface area contributed by atoms with Crippen molar-refractivity contribution in [2.45, 2.75) is 25.7 Å². The van der Waals surface area contributed by atoms with Crippen molar-refractivity contribution in [1.82, 2.24) is 4.90 Å². The number of amides is 1. The van der Waals surface area contributed by atoms with Crippen LogP contribution in [-0.2, 0) is 11.2 Å². The first kappa shape index (κ1) is 25.1. The summed E-state index contributed by atoms with van der Waals surface area (Å²) in [5.74, 6) is 0.227. The maximum absolute atomic E-state index is 12.6. The molecule has 0 atom stereocenters. The fraction of sp³-hybridized carbons (Fsp3) is 0.391. The molecule has 6 nitrogen and oxygen atoms in total. The quantitative estimate of drug-likeness (QED) is 0.660.